The second-order valence-corrected chi connectivity index (χ2v) is 10.1. The molecule has 0 aliphatic rings. The Balaban J connectivity index is 1.45. The zero-order valence-corrected chi connectivity index (χ0v) is 22.6. The third-order valence-corrected chi connectivity index (χ3v) is 7.18. The third kappa shape index (κ3) is 5.11. The highest BCUT2D eigenvalue weighted by Gasteiger charge is 2.15. The van der Waals surface area contributed by atoms with Crippen LogP contribution in [0.15, 0.2) is 140 Å². The van der Waals surface area contributed by atoms with Crippen molar-refractivity contribution in [3.05, 3.63) is 145 Å². The average Bonchev–Trinajstić information content (AvgIpc) is 3.05. The van der Waals surface area contributed by atoms with Gasteiger partial charge in [0.2, 0.25) is 0 Å². The van der Waals surface area contributed by atoms with E-state index in [1.807, 2.05) is 66.9 Å². The highest BCUT2D eigenvalue weighted by atomic mass is 15.0. The fourth-order valence-corrected chi connectivity index (χ4v) is 5.02. The van der Waals surface area contributed by atoms with E-state index in [0.29, 0.717) is 17.5 Å². The topological polar surface area (TPSA) is 51.6 Å². The Hall–Kier alpha value is -5.48. The molecule has 0 amide bonds. The number of hydrogen-bond donors (Lipinski definition) is 0. The number of benzene rings is 5. The number of nitrogens with zero attached hydrogens (tertiary/aromatic N) is 4. The van der Waals surface area contributed by atoms with Gasteiger partial charge in [-0.25, -0.2) is 15.0 Å². The maximum absolute atomic E-state index is 4.99. The Kier molecular flexibility index (Phi) is 6.34. The molecule has 0 aliphatic heterocycles. The van der Waals surface area contributed by atoms with Gasteiger partial charge in [-0.3, -0.25) is 4.98 Å². The molecule has 0 spiro atoms. The van der Waals surface area contributed by atoms with Crippen LogP contribution in [0.3, 0.4) is 0 Å². The number of aromatic nitrogens is 4. The van der Waals surface area contributed by atoms with Gasteiger partial charge in [0.05, 0.1) is 5.69 Å². The first-order chi connectivity index (χ1) is 20.2. The Bertz CT molecular complexity index is 1930. The minimum Gasteiger partial charge on any atom is -0.256 e. The second kappa shape index (κ2) is 10.6. The predicted octanol–water partition coefficient (Wildman–Crippen LogP) is 9.06. The lowest BCUT2D eigenvalue weighted by molar-refractivity contribution is 1.07. The predicted molar refractivity (Wildman–Crippen MR) is 167 cm³/mol. The summed E-state index contributed by atoms with van der Waals surface area (Å²) in [5.41, 5.74) is 8.03. The maximum Gasteiger partial charge on any atom is 0.164 e. The van der Waals surface area contributed by atoms with Crippen LogP contribution in [0.4, 0.5) is 0 Å². The molecule has 7 rings (SSSR count). The van der Waals surface area contributed by atoms with Gasteiger partial charge in [0, 0.05) is 28.5 Å². The van der Waals surface area contributed by atoms with E-state index in [0.717, 1.165) is 44.6 Å². The van der Waals surface area contributed by atoms with E-state index in [2.05, 4.69) is 79.7 Å². The fraction of sp³-hybridized carbons (Fsp3) is 0.0270. The summed E-state index contributed by atoms with van der Waals surface area (Å²) in [6, 6.07) is 45.8. The van der Waals surface area contributed by atoms with Gasteiger partial charge in [0.15, 0.2) is 17.5 Å². The van der Waals surface area contributed by atoms with E-state index >= 15 is 0 Å². The van der Waals surface area contributed by atoms with Crippen molar-refractivity contribution in [3.63, 3.8) is 0 Å². The van der Waals surface area contributed by atoms with Gasteiger partial charge in [-0.2, -0.15) is 0 Å². The molecule has 4 nitrogen and oxygen atoms in total. The van der Waals surface area contributed by atoms with Crippen LogP contribution < -0.4 is 0 Å². The van der Waals surface area contributed by atoms with Gasteiger partial charge < -0.3 is 0 Å². The smallest absolute Gasteiger partial charge is 0.164 e. The number of aryl methyl sites for hydroxylation is 1. The first-order valence-corrected chi connectivity index (χ1v) is 13.6. The summed E-state index contributed by atoms with van der Waals surface area (Å²) in [5.74, 6) is 1.90. The largest absolute Gasteiger partial charge is 0.256 e. The van der Waals surface area contributed by atoms with Crippen LogP contribution in [-0.4, -0.2) is 19.9 Å². The van der Waals surface area contributed by atoms with Gasteiger partial charge in [-0.15, -0.1) is 0 Å². The standard InChI is InChI=1S/C37H26N4/c1-25-16-19-34(38-24-25)32-21-31(30-18-17-26-10-8-9-15-29(26)20-30)22-33(23-32)37-40-35(27-11-4-2-5-12-27)39-36(41-37)28-13-6-3-7-14-28/h2-24H,1H3. The molecule has 0 saturated carbocycles. The van der Waals surface area contributed by atoms with Crippen LogP contribution in [0.5, 0.6) is 0 Å². The average molecular weight is 527 g/mol. The fourth-order valence-electron chi connectivity index (χ4n) is 5.02. The van der Waals surface area contributed by atoms with E-state index in [9.17, 15) is 0 Å². The number of pyridine rings is 1. The molecule has 0 atom stereocenters. The minimum absolute atomic E-state index is 0.619. The highest BCUT2D eigenvalue weighted by molar-refractivity contribution is 5.89. The number of fused-ring (bicyclic) bond motifs is 1. The highest BCUT2D eigenvalue weighted by Crippen LogP contribution is 2.34. The van der Waals surface area contributed by atoms with Gasteiger partial charge in [-0.1, -0.05) is 103 Å². The van der Waals surface area contributed by atoms with E-state index < -0.39 is 0 Å². The molecular formula is C37H26N4. The van der Waals surface area contributed by atoms with Crippen molar-refractivity contribution in [1.82, 2.24) is 19.9 Å². The lowest BCUT2D eigenvalue weighted by atomic mass is 9.96. The quantitative estimate of drug-likeness (QED) is 0.224. The summed E-state index contributed by atoms with van der Waals surface area (Å²) < 4.78 is 0. The third-order valence-electron chi connectivity index (χ3n) is 7.18. The van der Waals surface area contributed by atoms with Crippen molar-refractivity contribution in [1.29, 1.82) is 0 Å². The van der Waals surface area contributed by atoms with Crippen molar-refractivity contribution in [2.75, 3.05) is 0 Å². The van der Waals surface area contributed by atoms with Gasteiger partial charge >= 0.3 is 0 Å². The van der Waals surface area contributed by atoms with Crippen molar-refractivity contribution >= 4 is 10.8 Å². The van der Waals surface area contributed by atoms with Crippen molar-refractivity contribution in [2.24, 2.45) is 0 Å². The van der Waals surface area contributed by atoms with E-state index in [1.54, 1.807) is 0 Å². The summed E-state index contributed by atoms with van der Waals surface area (Å²) in [6.07, 6.45) is 1.90. The molecule has 0 bridgehead atoms. The molecule has 0 fully saturated rings. The normalized spacial score (nSPS) is 11.0. The SMILES string of the molecule is Cc1ccc(-c2cc(-c3ccc4ccccc4c3)cc(-c3nc(-c4ccccc4)nc(-c4ccccc4)n3)c2)nc1. The van der Waals surface area contributed by atoms with E-state index in [-0.39, 0.29) is 0 Å². The maximum atomic E-state index is 4.99. The Morgan fingerprint density at radius 1 is 0.390 bits per heavy atom. The summed E-state index contributed by atoms with van der Waals surface area (Å²) >= 11 is 0. The Morgan fingerprint density at radius 2 is 0.951 bits per heavy atom. The molecule has 0 radical (unpaired) electrons. The summed E-state index contributed by atoms with van der Waals surface area (Å²) in [7, 11) is 0. The first-order valence-electron chi connectivity index (χ1n) is 13.6. The molecule has 194 valence electrons. The van der Waals surface area contributed by atoms with Crippen LogP contribution in [-0.2, 0) is 0 Å². The number of rotatable bonds is 5. The molecule has 0 saturated heterocycles. The molecule has 41 heavy (non-hydrogen) atoms. The van der Waals surface area contributed by atoms with Gasteiger partial charge in [0.1, 0.15) is 0 Å². The van der Waals surface area contributed by atoms with Crippen molar-refractivity contribution < 1.29 is 0 Å². The molecule has 0 unspecified atom stereocenters. The van der Waals surface area contributed by atoms with Crippen LogP contribution >= 0.6 is 0 Å². The van der Waals surface area contributed by atoms with Crippen LogP contribution in [0.1, 0.15) is 5.56 Å². The van der Waals surface area contributed by atoms with Crippen LogP contribution in [0, 0.1) is 6.92 Å². The summed E-state index contributed by atoms with van der Waals surface area (Å²) in [4.78, 5) is 19.6. The van der Waals surface area contributed by atoms with Crippen molar-refractivity contribution in [2.45, 2.75) is 6.92 Å². The minimum atomic E-state index is 0.619. The molecule has 2 aromatic heterocycles. The zero-order valence-electron chi connectivity index (χ0n) is 22.6. The molecule has 0 N–H and O–H groups in total. The zero-order chi connectivity index (χ0) is 27.6. The van der Waals surface area contributed by atoms with Crippen LogP contribution in [0.25, 0.3) is 67.3 Å². The lowest BCUT2D eigenvalue weighted by Gasteiger charge is -2.12. The lowest BCUT2D eigenvalue weighted by Crippen LogP contribution is -2.00. The molecule has 5 aromatic carbocycles. The molecule has 2 heterocycles. The van der Waals surface area contributed by atoms with E-state index in [1.165, 1.54) is 10.8 Å². The molecule has 7 aromatic rings. The van der Waals surface area contributed by atoms with E-state index in [4.69, 9.17) is 19.9 Å². The van der Waals surface area contributed by atoms with Crippen LogP contribution in [0.2, 0.25) is 0 Å². The monoisotopic (exact) mass is 526 g/mol. The van der Waals surface area contributed by atoms with Gasteiger partial charge in [0.25, 0.3) is 0 Å². The Labute approximate surface area is 239 Å². The molecular weight excluding hydrogens is 500 g/mol. The summed E-state index contributed by atoms with van der Waals surface area (Å²) in [6.45, 7) is 2.05. The molecule has 4 heteroatoms. The second-order valence-electron chi connectivity index (χ2n) is 10.1. The summed E-state index contributed by atoms with van der Waals surface area (Å²) in [5, 5.41) is 2.41. The first kappa shape index (κ1) is 24.6. The van der Waals surface area contributed by atoms with Gasteiger partial charge in [-0.05, 0) is 64.7 Å². The molecule has 0 aliphatic carbocycles. The van der Waals surface area contributed by atoms with Crippen molar-refractivity contribution in [3.8, 4) is 56.5 Å². The number of hydrogen-bond acceptors (Lipinski definition) is 4. The Morgan fingerprint density at radius 3 is 1.59 bits per heavy atom.